The normalized spacial score (nSPS) is 19.4. The third-order valence-electron chi connectivity index (χ3n) is 7.32. The minimum absolute atomic E-state index is 0.0472. The first-order chi connectivity index (χ1) is 17.9. The Labute approximate surface area is 217 Å². The number of hydrogen-bond donors (Lipinski definition) is 0. The van der Waals surface area contributed by atoms with E-state index in [1.54, 1.807) is 0 Å². The standard InChI is InChI=1S/C32H30N4O/c1-6-27-22-10-8-7-9-21(22)23-13-14-24-26(28(15-18(2)3)34-20(5)16-29(23)36-27)17-33-30-25-12-11-19(4)35-32(25)37-31(24)30/h6-12,15,17,23,29H,1,5,13-14,16H2,2-4H3. The Bertz CT molecular complexity index is 1680. The zero-order chi connectivity index (χ0) is 25.7. The highest BCUT2D eigenvalue weighted by Gasteiger charge is 2.32. The lowest BCUT2D eigenvalue weighted by atomic mass is 9.78. The molecule has 0 saturated carbocycles. The summed E-state index contributed by atoms with van der Waals surface area (Å²) in [6, 6.07) is 12.7. The van der Waals surface area contributed by atoms with Gasteiger partial charge in [0.15, 0.2) is 5.58 Å². The molecule has 6 rings (SSSR count). The van der Waals surface area contributed by atoms with Crippen LogP contribution in [0.2, 0.25) is 0 Å². The molecule has 5 heterocycles. The number of aryl methyl sites for hydroxylation is 2. The Morgan fingerprint density at radius 1 is 1.08 bits per heavy atom. The summed E-state index contributed by atoms with van der Waals surface area (Å²) in [7, 11) is 0. The smallest absolute Gasteiger partial charge is 0.229 e. The van der Waals surface area contributed by atoms with Gasteiger partial charge in [-0.3, -0.25) is 15.0 Å². The molecule has 0 spiro atoms. The molecule has 5 heteroatoms. The van der Waals surface area contributed by atoms with Crippen LogP contribution in [0.15, 0.2) is 93.6 Å². The maximum Gasteiger partial charge on any atom is 0.229 e. The second kappa shape index (κ2) is 9.07. The van der Waals surface area contributed by atoms with E-state index in [9.17, 15) is 0 Å². The van der Waals surface area contributed by atoms with Crippen LogP contribution in [0.1, 0.15) is 60.6 Å². The van der Waals surface area contributed by atoms with Gasteiger partial charge >= 0.3 is 0 Å². The number of aliphatic imine (C=N–C) groups is 2. The summed E-state index contributed by atoms with van der Waals surface area (Å²) >= 11 is 0. The van der Waals surface area contributed by atoms with E-state index in [1.165, 1.54) is 11.1 Å². The lowest BCUT2D eigenvalue weighted by Gasteiger charge is -2.32. The van der Waals surface area contributed by atoms with E-state index < -0.39 is 0 Å². The number of benzene rings is 1. The average molecular weight is 487 g/mol. The highest BCUT2D eigenvalue weighted by molar-refractivity contribution is 6.14. The van der Waals surface area contributed by atoms with Crippen LogP contribution in [-0.4, -0.2) is 27.4 Å². The summed E-state index contributed by atoms with van der Waals surface area (Å²) in [5.74, 6) is 0.234. The van der Waals surface area contributed by atoms with Crippen molar-refractivity contribution in [3.05, 3.63) is 107 Å². The summed E-state index contributed by atoms with van der Waals surface area (Å²) in [4.78, 5) is 19.7. The Kier molecular flexibility index (Phi) is 5.71. The first kappa shape index (κ1) is 23.3. The maximum atomic E-state index is 6.41. The van der Waals surface area contributed by atoms with Gasteiger partial charge in [0.2, 0.25) is 5.71 Å². The Balaban J connectivity index is 1.58. The van der Waals surface area contributed by atoms with Gasteiger partial charge in [-0.05, 0) is 63.5 Å². The van der Waals surface area contributed by atoms with Crippen LogP contribution in [0, 0.1) is 6.92 Å². The van der Waals surface area contributed by atoms with Crippen LogP contribution in [-0.2, 0) is 6.42 Å². The van der Waals surface area contributed by atoms with Crippen molar-refractivity contribution in [3.63, 3.8) is 0 Å². The van der Waals surface area contributed by atoms with Gasteiger partial charge in [-0.15, -0.1) is 0 Å². The molecule has 2 aliphatic rings. The molecule has 0 radical (unpaired) electrons. The fraction of sp³-hybridized carbons (Fsp3) is 0.250. The molecule has 4 aromatic rings. The van der Waals surface area contributed by atoms with E-state index >= 15 is 0 Å². The maximum absolute atomic E-state index is 6.41. The van der Waals surface area contributed by atoms with Crippen molar-refractivity contribution < 1.29 is 4.42 Å². The van der Waals surface area contributed by atoms with Crippen LogP contribution < -0.4 is 0 Å². The van der Waals surface area contributed by atoms with E-state index in [-0.39, 0.29) is 12.0 Å². The van der Waals surface area contributed by atoms with Crippen molar-refractivity contribution in [2.75, 3.05) is 0 Å². The highest BCUT2D eigenvalue weighted by Crippen LogP contribution is 2.40. The Hall–Kier alpha value is -4.12. The molecule has 0 N–H and O–H groups in total. The summed E-state index contributed by atoms with van der Waals surface area (Å²) in [5, 5.41) is 0.937. The van der Waals surface area contributed by atoms with Crippen molar-refractivity contribution >= 4 is 33.6 Å². The number of rotatable bonds is 2. The summed E-state index contributed by atoms with van der Waals surface area (Å²) in [5.41, 5.74) is 11.5. The van der Waals surface area contributed by atoms with E-state index in [4.69, 9.17) is 19.4 Å². The number of allylic oxidation sites excluding steroid dienone is 3. The monoisotopic (exact) mass is 486 g/mol. The largest absolute Gasteiger partial charge is 0.436 e. The minimum atomic E-state index is 0.0472. The van der Waals surface area contributed by atoms with Gasteiger partial charge in [-0.1, -0.05) is 43.0 Å². The van der Waals surface area contributed by atoms with E-state index in [2.05, 4.69) is 68.4 Å². The van der Waals surface area contributed by atoms with Crippen molar-refractivity contribution in [1.82, 2.24) is 9.97 Å². The molecule has 1 aromatic carbocycles. The lowest BCUT2D eigenvalue weighted by Crippen LogP contribution is -2.27. The van der Waals surface area contributed by atoms with E-state index in [0.717, 1.165) is 68.8 Å². The fourth-order valence-electron chi connectivity index (χ4n) is 5.69. The molecule has 0 amide bonds. The molecule has 2 unspecified atom stereocenters. The lowest BCUT2D eigenvalue weighted by molar-refractivity contribution is 0.489. The molecule has 3 aromatic heterocycles. The van der Waals surface area contributed by atoms with Gasteiger partial charge < -0.3 is 4.42 Å². The fourth-order valence-corrected chi connectivity index (χ4v) is 5.69. The molecule has 37 heavy (non-hydrogen) atoms. The molecule has 0 aliphatic carbocycles. The quantitative estimate of drug-likeness (QED) is 0.296. The Morgan fingerprint density at radius 3 is 2.73 bits per heavy atom. The molecular weight excluding hydrogens is 456 g/mol. The summed E-state index contributed by atoms with van der Waals surface area (Å²) in [6.07, 6.45) is 8.33. The highest BCUT2D eigenvalue weighted by atomic mass is 16.3. The third kappa shape index (κ3) is 4.05. The first-order valence-corrected chi connectivity index (χ1v) is 12.8. The predicted octanol–water partition coefficient (Wildman–Crippen LogP) is 7.43. The van der Waals surface area contributed by atoms with Crippen LogP contribution >= 0.6 is 0 Å². The SMILES string of the molecule is C=CC1=NC2CC(=C)N=C(C=C(C)C)c3cnc4c(oc5nc(C)ccc54)c3CCC2c2ccccc21. The molecular formula is C32H30N4O. The van der Waals surface area contributed by atoms with Crippen LogP contribution in [0.5, 0.6) is 0 Å². The van der Waals surface area contributed by atoms with Gasteiger partial charge in [0.25, 0.3) is 0 Å². The van der Waals surface area contributed by atoms with Crippen molar-refractivity contribution in [2.45, 2.75) is 52.0 Å². The topological polar surface area (TPSA) is 63.6 Å². The number of nitrogens with zero attached hydrogens (tertiary/aromatic N) is 4. The van der Waals surface area contributed by atoms with Crippen molar-refractivity contribution in [2.24, 2.45) is 9.98 Å². The van der Waals surface area contributed by atoms with Crippen molar-refractivity contribution in [3.8, 4) is 0 Å². The first-order valence-electron chi connectivity index (χ1n) is 12.8. The number of pyridine rings is 2. The average Bonchev–Trinajstić information content (AvgIpc) is 3.24. The second-order valence-electron chi connectivity index (χ2n) is 10.2. The summed E-state index contributed by atoms with van der Waals surface area (Å²) < 4.78 is 6.41. The van der Waals surface area contributed by atoms with Gasteiger partial charge in [-0.25, -0.2) is 4.98 Å². The van der Waals surface area contributed by atoms with Gasteiger partial charge in [0.05, 0.1) is 22.9 Å². The molecule has 0 bridgehead atoms. The number of hydrogen-bond acceptors (Lipinski definition) is 5. The molecule has 2 aliphatic heterocycles. The van der Waals surface area contributed by atoms with E-state index in [1.807, 2.05) is 25.3 Å². The van der Waals surface area contributed by atoms with Gasteiger partial charge in [-0.2, -0.15) is 0 Å². The number of fused-ring (bicyclic) bond motifs is 8. The van der Waals surface area contributed by atoms with E-state index in [0.29, 0.717) is 12.1 Å². The second-order valence-corrected chi connectivity index (χ2v) is 10.2. The van der Waals surface area contributed by atoms with Crippen LogP contribution in [0.3, 0.4) is 0 Å². The molecule has 0 saturated heterocycles. The zero-order valence-electron chi connectivity index (χ0n) is 21.6. The molecule has 0 fully saturated rings. The van der Waals surface area contributed by atoms with Crippen molar-refractivity contribution in [1.29, 1.82) is 0 Å². The minimum Gasteiger partial charge on any atom is -0.436 e. The predicted molar refractivity (Wildman–Crippen MR) is 152 cm³/mol. The molecule has 5 nitrogen and oxygen atoms in total. The van der Waals surface area contributed by atoms with Crippen LogP contribution in [0.4, 0.5) is 0 Å². The summed E-state index contributed by atoms with van der Waals surface area (Å²) in [6.45, 7) is 14.5. The molecule has 2 atom stereocenters. The van der Waals surface area contributed by atoms with Crippen LogP contribution in [0.25, 0.3) is 22.2 Å². The number of aromatic nitrogens is 2. The molecule has 184 valence electrons. The Morgan fingerprint density at radius 2 is 1.92 bits per heavy atom. The third-order valence-corrected chi connectivity index (χ3v) is 7.32. The number of furan rings is 1. The zero-order valence-corrected chi connectivity index (χ0v) is 21.6. The van der Waals surface area contributed by atoms with Gasteiger partial charge in [0.1, 0.15) is 5.52 Å². The van der Waals surface area contributed by atoms with Gasteiger partial charge in [0, 0.05) is 46.6 Å².